The van der Waals surface area contributed by atoms with Crippen molar-refractivity contribution in [3.05, 3.63) is 77.1 Å². The maximum atomic E-state index is 12.7. The molecule has 0 aliphatic carbocycles. The quantitative estimate of drug-likeness (QED) is 0.779. The van der Waals surface area contributed by atoms with Crippen LogP contribution < -0.4 is 10.2 Å². The SMILES string of the molecule is Cc1cccc(C)c1NC(=O)c1ccnc(N2CCc3ccccc32)n1. The predicted octanol–water partition coefficient (Wildman–Crippen LogP) is 4.04. The number of anilines is 3. The van der Waals surface area contributed by atoms with Gasteiger partial charge in [0.05, 0.1) is 0 Å². The number of carbonyl (C=O) groups excluding carboxylic acids is 1. The molecule has 5 heteroatoms. The largest absolute Gasteiger partial charge is 0.320 e. The molecule has 1 N–H and O–H groups in total. The molecule has 1 amide bonds. The van der Waals surface area contributed by atoms with E-state index < -0.39 is 0 Å². The number of hydrogen-bond donors (Lipinski definition) is 1. The van der Waals surface area contributed by atoms with Crippen LogP contribution in [0.25, 0.3) is 0 Å². The van der Waals surface area contributed by atoms with E-state index in [9.17, 15) is 4.79 Å². The number of hydrogen-bond acceptors (Lipinski definition) is 4. The monoisotopic (exact) mass is 344 g/mol. The van der Waals surface area contributed by atoms with Gasteiger partial charge in [0.25, 0.3) is 5.91 Å². The van der Waals surface area contributed by atoms with Gasteiger partial charge >= 0.3 is 0 Å². The molecule has 1 aromatic heterocycles. The summed E-state index contributed by atoms with van der Waals surface area (Å²) >= 11 is 0. The smallest absolute Gasteiger partial charge is 0.274 e. The summed E-state index contributed by atoms with van der Waals surface area (Å²) in [5, 5.41) is 2.98. The molecular weight excluding hydrogens is 324 g/mol. The molecule has 0 saturated carbocycles. The highest BCUT2D eigenvalue weighted by atomic mass is 16.1. The van der Waals surface area contributed by atoms with Crippen LogP contribution in [0.4, 0.5) is 17.3 Å². The van der Waals surface area contributed by atoms with E-state index in [2.05, 4.69) is 32.3 Å². The van der Waals surface area contributed by atoms with Crippen LogP contribution in [-0.4, -0.2) is 22.4 Å². The van der Waals surface area contributed by atoms with E-state index in [0.717, 1.165) is 35.5 Å². The second-order valence-corrected chi connectivity index (χ2v) is 6.49. The third-order valence-electron chi connectivity index (χ3n) is 4.72. The molecule has 0 bridgehead atoms. The first kappa shape index (κ1) is 16.3. The van der Waals surface area contributed by atoms with Crippen molar-refractivity contribution in [2.75, 3.05) is 16.8 Å². The van der Waals surface area contributed by atoms with E-state index in [1.165, 1.54) is 5.56 Å². The molecule has 4 rings (SSSR count). The second kappa shape index (κ2) is 6.59. The number of carbonyl (C=O) groups is 1. The molecule has 130 valence electrons. The average molecular weight is 344 g/mol. The molecule has 0 saturated heterocycles. The van der Waals surface area contributed by atoms with Gasteiger partial charge in [-0.25, -0.2) is 9.97 Å². The third kappa shape index (κ3) is 2.92. The van der Waals surface area contributed by atoms with Crippen molar-refractivity contribution in [3.8, 4) is 0 Å². The maximum Gasteiger partial charge on any atom is 0.274 e. The Bertz CT molecular complexity index is 963. The lowest BCUT2D eigenvalue weighted by Crippen LogP contribution is -2.20. The van der Waals surface area contributed by atoms with Crippen LogP contribution in [0.5, 0.6) is 0 Å². The van der Waals surface area contributed by atoms with Gasteiger partial charge in [0.15, 0.2) is 0 Å². The van der Waals surface area contributed by atoms with Crippen molar-refractivity contribution in [2.24, 2.45) is 0 Å². The minimum absolute atomic E-state index is 0.224. The Morgan fingerprint density at radius 2 is 1.81 bits per heavy atom. The number of nitrogens with one attached hydrogen (secondary N) is 1. The molecular formula is C21H20N4O. The highest BCUT2D eigenvalue weighted by Crippen LogP contribution is 2.32. The van der Waals surface area contributed by atoms with Gasteiger partial charge in [0.1, 0.15) is 5.69 Å². The van der Waals surface area contributed by atoms with Crippen molar-refractivity contribution in [2.45, 2.75) is 20.3 Å². The molecule has 0 radical (unpaired) electrons. The minimum atomic E-state index is -0.224. The zero-order valence-electron chi connectivity index (χ0n) is 14.9. The molecule has 2 heterocycles. The van der Waals surface area contributed by atoms with Crippen molar-refractivity contribution >= 4 is 23.2 Å². The van der Waals surface area contributed by atoms with E-state index >= 15 is 0 Å². The topological polar surface area (TPSA) is 58.1 Å². The van der Waals surface area contributed by atoms with Gasteiger partial charge in [0, 0.05) is 24.1 Å². The van der Waals surface area contributed by atoms with Crippen LogP contribution in [0.3, 0.4) is 0 Å². The van der Waals surface area contributed by atoms with Gasteiger partial charge in [0.2, 0.25) is 5.95 Å². The Labute approximate surface area is 152 Å². The molecule has 5 nitrogen and oxygen atoms in total. The highest BCUT2D eigenvalue weighted by Gasteiger charge is 2.22. The Hall–Kier alpha value is -3.21. The molecule has 2 aromatic carbocycles. The number of aromatic nitrogens is 2. The molecule has 26 heavy (non-hydrogen) atoms. The Morgan fingerprint density at radius 1 is 1.04 bits per heavy atom. The Kier molecular flexibility index (Phi) is 4.13. The number of para-hydroxylation sites is 2. The van der Waals surface area contributed by atoms with E-state index in [1.807, 2.05) is 44.2 Å². The van der Waals surface area contributed by atoms with E-state index in [-0.39, 0.29) is 5.91 Å². The first-order valence-corrected chi connectivity index (χ1v) is 8.69. The predicted molar refractivity (Wildman–Crippen MR) is 103 cm³/mol. The van der Waals surface area contributed by atoms with Crippen LogP contribution in [0.1, 0.15) is 27.2 Å². The fourth-order valence-corrected chi connectivity index (χ4v) is 3.34. The lowest BCUT2D eigenvalue weighted by molar-refractivity contribution is 0.102. The van der Waals surface area contributed by atoms with E-state index in [4.69, 9.17) is 0 Å². The van der Waals surface area contributed by atoms with E-state index in [1.54, 1.807) is 12.3 Å². The molecule has 3 aromatic rings. The van der Waals surface area contributed by atoms with Crippen molar-refractivity contribution in [3.63, 3.8) is 0 Å². The van der Waals surface area contributed by atoms with Gasteiger partial charge in [-0.2, -0.15) is 0 Å². The number of rotatable bonds is 3. The first-order chi connectivity index (χ1) is 12.6. The lowest BCUT2D eigenvalue weighted by Gasteiger charge is -2.17. The zero-order chi connectivity index (χ0) is 18.1. The van der Waals surface area contributed by atoms with Crippen molar-refractivity contribution < 1.29 is 4.79 Å². The summed E-state index contributed by atoms with van der Waals surface area (Å²) in [6, 6.07) is 15.8. The van der Waals surface area contributed by atoms with Crippen molar-refractivity contribution in [1.82, 2.24) is 9.97 Å². The first-order valence-electron chi connectivity index (χ1n) is 8.69. The lowest BCUT2D eigenvalue weighted by atomic mass is 10.1. The highest BCUT2D eigenvalue weighted by molar-refractivity contribution is 6.03. The minimum Gasteiger partial charge on any atom is -0.320 e. The van der Waals surface area contributed by atoms with Gasteiger partial charge in [-0.05, 0) is 49.1 Å². The maximum absolute atomic E-state index is 12.7. The van der Waals surface area contributed by atoms with Crippen LogP contribution in [0.15, 0.2) is 54.7 Å². The standard InChI is InChI=1S/C21H20N4O/c1-14-6-5-7-15(2)19(14)24-20(26)17-10-12-22-21(23-17)25-13-11-16-8-3-4-9-18(16)25/h3-10,12H,11,13H2,1-2H3,(H,24,26). The van der Waals surface area contributed by atoms with Gasteiger partial charge < -0.3 is 10.2 Å². The molecule has 0 spiro atoms. The van der Waals surface area contributed by atoms with Crippen LogP contribution in [0, 0.1) is 13.8 Å². The Morgan fingerprint density at radius 3 is 2.62 bits per heavy atom. The number of benzene rings is 2. The van der Waals surface area contributed by atoms with Crippen molar-refractivity contribution in [1.29, 1.82) is 0 Å². The van der Waals surface area contributed by atoms with Crippen LogP contribution in [0.2, 0.25) is 0 Å². The fraction of sp³-hybridized carbons (Fsp3) is 0.190. The van der Waals surface area contributed by atoms with Gasteiger partial charge in [-0.1, -0.05) is 36.4 Å². The molecule has 1 aliphatic heterocycles. The number of aryl methyl sites for hydroxylation is 2. The summed E-state index contributed by atoms with van der Waals surface area (Å²) in [6.45, 7) is 4.78. The third-order valence-corrected chi connectivity index (χ3v) is 4.72. The average Bonchev–Trinajstić information content (AvgIpc) is 3.09. The molecule has 0 atom stereocenters. The summed E-state index contributed by atoms with van der Waals surface area (Å²) < 4.78 is 0. The second-order valence-electron chi connectivity index (χ2n) is 6.49. The van der Waals surface area contributed by atoms with Crippen LogP contribution >= 0.6 is 0 Å². The summed E-state index contributed by atoms with van der Waals surface area (Å²) in [5.74, 6) is 0.336. The summed E-state index contributed by atoms with van der Waals surface area (Å²) in [7, 11) is 0. The Balaban J connectivity index is 1.61. The number of nitrogens with zero attached hydrogens (tertiary/aromatic N) is 3. The molecule has 0 unspecified atom stereocenters. The van der Waals surface area contributed by atoms with Crippen LogP contribution in [-0.2, 0) is 6.42 Å². The van der Waals surface area contributed by atoms with Gasteiger partial charge in [-0.15, -0.1) is 0 Å². The fourth-order valence-electron chi connectivity index (χ4n) is 3.34. The molecule has 1 aliphatic rings. The molecule has 0 fully saturated rings. The summed E-state index contributed by atoms with van der Waals surface area (Å²) in [4.78, 5) is 23.7. The summed E-state index contributed by atoms with van der Waals surface area (Å²) in [6.07, 6.45) is 2.60. The van der Waals surface area contributed by atoms with E-state index in [0.29, 0.717) is 11.6 Å². The number of fused-ring (bicyclic) bond motifs is 1. The number of amides is 1. The summed E-state index contributed by atoms with van der Waals surface area (Å²) in [5.41, 5.74) is 5.65. The van der Waals surface area contributed by atoms with Gasteiger partial charge in [-0.3, -0.25) is 4.79 Å². The zero-order valence-corrected chi connectivity index (χ0v) is 14.9. The normalized spacial score (nSPS) is 12.8.